The number of aromatic nitrogens is 2. The van der Waals surface area contributed by atoms with Crippen molar-refractivity contribution >= 4 is 28.2 Å². The minimum atomic E-state index is -0.639. The van der Waals surface area contributed by atoms with Crippen LogP contribution in [0.4, 0.5) is 5.69 Å². The number of halogens is 1. The number of aliphatic hydroxyl groups is 1. The fourth-order valence-electron chi connectivity index (χ4n) is 3.67. The van der Waals surface area contributed by atoms with E-state index in [-0.39, 0.29) is 12.1 Å². The molecule has 6 nitrogen and oxygen atoms in total. The molecule has 1 aliphatic heterocycles. The van der Waals surface area contributed by atoms with E-state index in [1.54, 1.807) is 18.2 Å². The lowest BCUT2D eigenvalue weighted by Gasteiger charge is -2.36. The average Bonchev–Trinajstić information content (AvgIpc) is 2.72. The molecule has 1 unspecified atom stereocenters. The van der Waals surface area contributed by atoms with Crippen molar-refractivity contribution in [3.8, 4) is 0 Å². The molecular formula is C21H23ClN4O2. The van der Waals surface area contributed by atoms with Crippen LogP contribution in [-0.2, 0) is 6.54 Å². The summed E-state index contributed by atoms with van der Waals surface area (Å²) >= 11 is 6.00. The standard InChI is InChI=1S/C21H23ClN4O2/c22-16-6-7-20-19(12-16)21(28)26(15-23-20)14-18(27)13-24-8-10-25(11-9-24)17-4-2-1-3-5-17/h1-7,12,15,18,27H,8-11,13-14H2. The molecule has 2 heterocycles. The highest BCUT2D eigenvalue weighted by Crippen LogP contribution is 2.16. The zero-order chi connectivity index (χ0) is 19.5. The summed E-state index contributed by atoms with van der Waals surface area (Å²) in [5.41, 5.74) is 1.66. The second kappa shape index (κ2) is 8.31. The molecule has 28 heavy (non-hydrogen) atoms. The van der Waals surface area contributed by atoms with Crippen LogP contribution < -0.4 is 10.5 Å². The number of nitrogens with zero attached hydrogens (tertiary/aromatic N) is 4. The number of anilines is 1. The first kappa shape index (κ1) is 18.9. The third-order valence-corrected chi connectivity index (χ3v) is 5.39. The number of aliphatic hydroxyl groups excluding tert-OH is 1. The highest BCUT2D eigenvalue weighted by molar-refractivity contribution is 6.31. The SMILES string of the molecule is O=c1c2cc(Cl)ccc2ncn1CC(O)CN1CCN(c2ccccc2)CC1. The van der Waals surface area contributed by atoms with E-state index in [1.807, 2.05) is 18.2 Å². The van der Waals surface area contributed by atoms with Crippen LogP contribution in [0, 0.1) is 0 Å². The maximum Gasteiger partial charge on any atom is 0.261 e. The lowest BCUT2D eigenvalue weighted by atomic mass is 10.2. The van der Waals surface area contributed by atoms with Crippen LogP contribution >= 0.6 is 11.6 Å². The Hall–Kier alpha value is -2.41. The van der Waals surface area contributed by atoms with Gasteiger partial charge in [0.25, 0.3) is 5.56 Å². The summed E-state index contributed by atoms with van der Waals surface area (Å²) in [5, 5.41) is 11.5. The first-order chi connectivity index (χ1) is 13.6. The van der Waals surface area contributed by atoms with E-state index in [1.165, 1.54) is 16.6 Å². The molecule has 1 aliphatic rings. The van der Waals surface area contributed by atoms with Crippen LogP contribution in [-0.4, -0.2) is 58.4 Å². The quantitative estimate of drug-likeness (QED) is 0.714. The van der Waals surface area contributed by atoms with Gasteiger partial charge in [-0.1, -0.05) is 29.8 Å². The predicted octanol–water partition coefficient (Wildman–Crippen LogP) is 2.23. The van der Waals surface area contributed by atoms with Gasteiger partial charge in [-0.05, 0) is 30.3 Å². The number of β-amino-alcohol motifs (C(OH)–C–C–N with tert-alkyl or cyclic N) is 1. The predicted molar refractivity (Wildman–Crippen MR) is 112 cm³/mol. The molecule has 0 radical (unpaired) electrons. The van der Waals surface area contributed by atoms with Crippen molar-refractivity contribution in [3.05, 3.63) is 70.2 Å². The molecule has 1 atom stereocenters. The second-order valence-electron chi connectivity index (χ2n) is 7.14. The molecule has 7 heteroatoms. The molecule has 0 saturated carbocycles. The maximum absolute atomic E-state index is 12.6. The Morgan fingerprint density at radius 1 is 1.04 bits per heavy atom. The highest BCUT2D eigenvalue weighted by Gasteiger charge is 2.20. The lowest BCUT2D eigenvalue weighted by Crippen LogP contribution is -2.49. The number of hydrogen-bond donors (Lipinski definition) is 1. The van der Waals surface area contributed by atoms with Gasteiger partial charge in [-0.2, -0.15) is 0 Å². The molecule has 1 fully saturated rings. The van der Waals surface area contributed by atoms with Crippen LogP contribution in [0.5, 0.6) is 0 Å². The van der Waals surface area contributed by atoms with Crippen LogP contribution in [0.25, 0.3) is 10.9 Å². The van der Waals surface area contributed by atoms with Gasteiger partial charge in [0.2, 0.25) is 0 Å². The van der Waals surface area contributed by atoms with Crippen molar-refractivity contribution in [1.29, 1.82) is 0 Å². The van der Waals surface area contributed by atoms with Crippen molar-refractivity contribution in [2.45, 2.75) is 12.6 Å². The van der Waals surface area contributed by atoms with Crippen molar-refractivity contribution in [1.82, 2.24) is 14.5 Å². The van der Waals surface area contributed by atoms with Crippen LogP contribution in [0.15, 0.2) is 59.7 Å². The largest absolute Gasteiger partial charge is 0.390 e. The molecule has 0 spiro atoms. The van der Waals surface area contributed by atoms with Gasteiger partial charge in [-0.25, -0.2) is 4.98 Å². The Balaban J connectivity index is 1.36. The van der Waals surface area contributed by atoms with Gasteiger partial charge in [0, 0.05) is 43.4 Å². The summed E-state index contributed by atoms with van der Waals surface area (Å²) < 4.78 is 1.46. The molecule has 2 aromatic carbocycles. The van der Waals surface area contributed by atoms with Crippen LogP contribution in [0.3, 0.4) is 0 Å². The van der Waals surface area contributed by atoms with Crippen molar-refractivity contribution < 1.29 is 5.11 Å². The van der Waals surface area contributed by atoms with E-state index >= 15 is 0 Å². The van der Waals surface area contributed by atoms with E-state index in [4.69, 9.17) is 11.6 Å². The Morgan fingerprint density at radius 2 is 1.79 bits per heavy atom. The molecule has 1 saturated heterocycles. The summed E-state index contributed by atoms with van der Waals surface area (Å²) in [7, 11) is 0. The molecule has 0 bridgehead atoms. The zero-order valence-electron chi connectivity index (χ0n) is 15.5. The highest BCUT2D eigenvalue weighted by atomic mass is 35.5. The normalized spacial score (nSPS) is 16.4. The van der Waals surface area contributed by atoms with E-state index in [0.29, 0.717) is 22.5 Å². The van der Waals surface area contributed by atoms with E-state index in [0.717, 1.165) is 26.2 Å². The first-order valence-electron chi connectivity index (χ1n) is 9.45. The smallest absolute Gasteiger partial charge is 0.261 e. The van der Waals surface area contributed by atoms with Gasteiger partial charge in [0.15, 0.2) is 0 Å². The van der Waals surface area contributed by atoms with Crippen molar-refractivity contribution in [2.24, 2.45) is 0 Å². The van der Waals surface area contributed by atoms with Gasteiger partial charge in [-0.3, -0.25) is 14.3 Å². The molecule has 0 amide bonds. The maximum atomic E-state index is 12.6. The minimum Gasteiger partial charge on any atom is -0.390 e. The number of para-hydroxylation sites is 1. The fraction of sp³-hybridized carbons (Fsp3) is 0.333. The minimum absolute atomic E-state index is 0.180. The summed E-state index contributed by atoms with van der Waals surface area (Å²) in [6.45, 7) is 4.36. The van der Waals surface area contributed by atoms with E-state index in [9.17, 15) is 9.90 Å². The third kappa shape index (κ3) is 4.19. The van der Waals surface area contributed by atoms with Gasteiger partial charge in [0.05, 0.1) is 29.9 Å². The first-order valence-corrected chi connectivity index (χ1v) is 9.83. The molecule has 4 rings (SSSR count). The number of benzene rings is 2. The molecule has 146 valence electrons. The topological polar surface area (TPSA) is 61.6 Å². The Kier molecular flexibility index (Phi) is 5.62. The molecule has 3 aromatic rings. The Bertz CT molecular complexity index is 1000. The molecule has 1 N–H and O–H groups in total. The van der Waals surface area contributed by atoms with Gasteiger partial charge >= 0.3 is 0 Å². The number of hydrogen-bond acceptors (Lipinski definition) is 5. The van der Waals surface area contributed by atoms with Gasteiger partial charge in [-0.15, -0.1) is 0 Å². The van der Waals surface area contributed by atoms with Gasteiger partial charge in [0.1, 0.15) is 0 Å². The summed E-state index contributed by atoms with van der Waals surface area (Å²) in [4.78, 5) is 21.5. The number of piperazine rings is 1. The van der Waals surface area contributed by atoms with E-state index in [2.05, 4.69) is 26.9 Å². The Labute approximate surface area is 168 Å². The van der Waals surface area contributed by atoms with Gasteiger partial charge < -0.3 is 10.0 Å². The summed E-state index contributed by atoms with van der Waals surface area (Å²) in [6.07, 6.45) is 0.856. The number of rotatable bonds is 5. The summed E-state index contributed by atoms with van der Waals surface area (Å²) in [5.74, 6) is 0. The zero-order valence-corrected chi connectivity index (χ0v) is 16.3. The molecule has 1 aromatic heterocycles. The van der Waals surface area contributed by atoms with Crippen LogP contribution in [0.1, 0.15) is 0 Å². The van der Waals surface area contributed by atoms with E-state index < -0.39 is 6.10 Å². The summed E-state index contributed by atoms with van der Waals surface area (Å²) in [6, 6.07) is 15.4. The lowest BCUT2D eigenvalue weighted by molar-refractivity contribution is 0.0940. The van der Waals surface area contributed by atoms with Crippen molar-refractivity contribution in [3.63, 3.8) is 0 Å². The van der Waals surface area contributed by atoms with Crippen molar-refractivity contribution in [2.75, 3.05) is 37.6 Å². The second-order valence-corrected chi connectivity index (χ2v) is 7.58. The van der Waals surface area contributed by atoms with Crippen LogP contribution in [0.2, 0.25) is 5.02 Å². The fourth-order valence-corrected chi connectivity index (χ4v) is 3.84. The monoisotopic (exact) mass is 398 g/mol. The Morgan fingerprint density at radius 3 is 2.54 bits per heavy atom. The third-order valence-electron chi connectivity index (χ3n) is 5.16. The number of fused-ring (bicyclic) bond motifs is 1. The molecular weight excluding hydrogens is 376 g/mol. The molecule has 0 aliphatic carbocycles. The average molecular weight is 399 g/mol.